The Bertz CT molecular complexity index is 835. The summed E-state index contributed by atoms with van der Waals surface area (Å²) in [6, 6.07) is 14.2. The van der Waals surface area contributed by atoms with E-state index in [1.807, 2.05) is 50.2 Å². The monoisotopic (exact) mass is 368 g/mol. The van der Waals surface area contributed by atoms with E-state index in [9.17, 15) is 4.79 Å². The van der Waals surface area contributed by atoms with Crippen LogP contribution in [0, 0.1) is 13.8 Å². The first kappa shape index (κ1) is 18.4. The Balaban J connectivity index is 1.35. The van der Waals surface area contributed by atoms with Gasteiger partial charge in [0.15, 0.2) is 0 Å². The first-order valence-electron chi connectivity index (χ1n) is 8.93. The van der Waals surface area contributed by atoms with Crippen LogP contribution >= 0.6 is 11.3 Å². The van der Waals surface area contributed by atoms with Crippen molar-refractivity contribution >= 4 is 27.5 Å². The summed E-state index contributed by atoms with van der Waals surface area (Å²) >= 11 is 1.71. The minimum absolute atomic E-state index is 0.0659. The van der Waals surface area contributed by atoms with Gasteiger partial charge in [-0.05, 0) is 49.9 Å². The highest BCUT2D eigenvalue weighted by molar-refractivity contribution is 7.18. The van der Waals surface area contributed by atoms with E-state index in [1.165, 1.54) is 4.70 Å². The fraction of sp³-hybridized carbons (Fsp3) is 0.333. The fourth-order valence-electron chi connectivity index (χ4n) is 2.89. The maximum Gasteiger partial charge on any atom is 0.220 e. The zero-order valence-electron chi connectivity index (χ0n) is 15.2. The van der Waals surface area contributed by atoms with Gasteiger partial charge in [0.2, 0.25) is 5.91 Å². The van der Waals surface area contributed by atoms with Gasteiger partial charge in [-0.15, -0.1) is 11.3 Å². The van der Waals surface area contributed by atoms with Crippen molar-refractivity contribution in [2.24, 2.45) is 0 Å². The van der Waals surface area contributed by atoms with Gasteiger partial charge in [-0.2, -0.15) is 0 Å². The summed E-state index contributed by atoms with van der Waals surface area (Å²) in [7, 11) is 0. The zero-order valence-corrected chi connectivity index (χ0v) is 16.1. The lowest BCUT2D eigenvalue weighted by Crippen LogP contribution is -2.28. The Morgan fingerprint density at radius 2 is 1.88 bits per heavy atom. The fourth-order valence-corrected chi connectivity index (χ4v) is 3.89. The van der Waals surface area contributed by atoms with Crippen LogP contribution in [-0.2, 0) is 11.2 Å². The van der Waals surface area contributed by atoms with Crippen LogP contribution in [0.1, 0.15) is 29.0 Å². The molecule has 1 amide bonds. The van der Waals surface area contributed by atoms with Crippen molar-refractivity contribution in [1.29, 1.82) is 0 Å². The molecule has 0 aliphatic heterocycles. The van der Waals surface area contributed by atoms with Crippen LogP contribution in [0.4, 0.5) is 0 Å². The molecule has 0 fully saturated rings. The molecule has 136 valence electrons. The molecule has 26 heavy (non-hydrogen) atoms. The number of aryl methyl sites for hydroxylation is 3. The van der Waals surface area contributed by atoms with Gasteiger partial charge < -0.3 is 10.1 Å². The third-order valence-electron chi connectivity index (χ3n) is 4.21. The molecule has 0 unspecified atom stereocenters. The van der Waals surface area contributed by atoms with Crippen molar-refractivity contribution in [2.45, 2.75) is 33.1 Å². The molecule has 0 spiro atoms. The van der Waals surface area contributed by atoms with Crippen molar-refractivity contribution in [3.8, 4) is 5.75 Å². The second kappa shape index (κ2) is 8.81. The van der Waals surface area contributed by atoms with Crippen LogP contribution < -0.4 is 10.1 Å². The number of hydrogen-bond acceptors (Lipinski definition) is 4. The van der Waals surface area contributed by atoms with Gasteiger partial charge in [-0.3, -0.25) is 4.79 Å². The summed E-state index contributed by atoms with van der Waals surface area (Å²) in [5.41, 5.74) is 3.28. The molecule has 0 saturated heterocycles. The number of aromatic nitrogens is 1. The van der Waals surface area contributed by atoms with Crippen LogP contribution in [0.3, 0.4) is 0 Å². The van der Waals surface area contributed by atoms with Crippen LogP contribution in [0.5, 0.6) is 5.75 Å². The average Bonchev–Trinajstić information content (AvgIpc) is 3.03. The number of benzene rings is 2. The smallest absolute Gasteiger partial charge is 0.220 e. The van der Waals surface area contributed by atoms with Crippen LogP contribution in [0.15, 0.2) is 42.5 Å². The normalized spacial score (nSPS) is 10.8. The molecule has 1 heterocycles. The molecule has 0 bridgehead atoms. The van der Waals surface area contributed by atoms with Crippen molar-refractivity contribution in [3.05, 3.63) is 58.6 Å². The summed E-state index contributed by atoms with van der Waals surface area (Å²) in [5, 5.41) is 4.02. The van der Waals surface area contributed by atoms with E-state index < -0.39 is 0 Å². The summed E-state index contributed by atoms with van der Waals surface area (Å²) in [4.78, 5) is 16.6. The van der Waals surface area contributed by atoms with Gasteiger partial charge in [0.1, 0.15) is 12.4 Å². The predicted molar refractivity (Wildman–Crippen MR) is 107 cm³/mol. The minimum atomic E-state index is 0.0659. The largest absolute Gasteiger partial charge is 0.491 e. The standard InChI is InChI=1S/C21H24N2O2S/c1-15-7-5-8-16(2)21(15)25-14-13-22-19(24)11-6-12-20-23-17-9-3-4-10-18(17)26-20/h3-5,7-10H,6,11-14H2,1-2H3,(H,22,24). The van der Waals surface area contributed by atoms with Gasteiger partial charge in [0.25, 0.3) is 0 Å². The van der Waals surface area contributed by atoms with Crippen molar-refractivity contribution in [3.63, 3.8) is 0 Å². The van der Waals surface area contributed by atoms with Gasteiger partial charge in [-0.25, -0.2) is 4.98 Å². The molecule has 4 nitrogen and oxygen atoms in total. The molecule has 1 aromatic heterocycles. The quantitative estimate of drug-likeness (QED) is 0.598. The molecule has 1 N–H and O–H groups in total. The number of carbonyl (C=O) groups excluding carboxylic acids is 1. The Morgan fingerprint density at radius 1 is 1.12 bits per heavy atom. The highest BCUT2D eigenvalue weighted by atomic mass is 32.1. The van der Waals surface area contributed by atoms with Crippen LogP contribution in [-0.4, -0.2) is 24.0 Å². The van der Waals surface area contributed by atoms with E-state index in [4.69, 9.17) is 4.74 Å². The Labute approximate surface area is 158 Å². The summed E-state index contributed by atoms with van der Waals surface area (Å²) in [6.07, 6.45) is 2.16. The number of nitrogens with one attached hydrogen (secondary N) is 1. The lowest BCUT2D eigenvalue weighted by Gasteiger charge is -2.12. The van der Waals surface area contributed by atoms with Gasteiger partial charge in [0.05, 0.1) is 21.8 Å². The van der Waals surface area contributed by atoms with Crippen molar-refractivity contribution < 1.29 is 9.53 Å². The minimum Gasteiger partial charge on any atom is -0.491 e. The lowest BCUT2D eigenvalue weighted by atomic mass is 10.1. The molecule has 0 atom stereocenters. The second-order valence-electron chi connectivity index (χ2n) is 6.35. The Morgan fingerprint density at radius 3 is 2.65 bits per heavy atom. The highest BCUT2D eigenvalue weighted by Gasteiger charge is 2.06. The Hall–Kier alpha value is -2.40. The lowest BCUT2D eigenvalue weighted by molar-refractivity contribution is -0.121. The third kappa shape index (κ3) is 4.82. The SMILES string of the molecule is Cc1cccc(C)c1OCCNC(=O)CCCc1nc2ccccc2s1. The van der Waals surface area contributed by atoms with Crippen molar-refractivity contribution in [1.82, 2.24) is 10.3 Å². The van der Waals surface area contributed by atoms with Crippen molar-refractivity contribution in [2.75, 3.05) is 13.2 Å². The molecule has 0 radical (unpaired) electrons. The van der Waals surface area contributed by atoms with E-state index in [0.717, 1.165) is 40.2 Å². The number of ether oxygens (including phenoxy) is 1. The number of amides is 1. The second-order valence-corrected chi connectivity index (χ2v) is 7.46. The molecule has 0 aliphatic carbocycles. The summed E-state index contributed by atoms with van der Waals surface area (Å²) < 4.78 is 7.01. The molecule has 2 aromatic carbocycles. The first-order valence-corrected chi connectivity index (χ1v) is 9.75. The molecule has 3 aromatic rings. The number of nitrogens with zero attached hydrogens (tertiary/aromatic N) is 1. The summed E-state index contributed by atoms with van der Waals surface area (Å²) in [6.45, 7) is 5.06. The first-order chi connectivity index (χ1) is 12.6. The topological polar surface area (TPSA) is 51.2 Å². The maximum atomic E-state index is 12.0. The number of carbonyl (C=O) groups is 1. The van der Waals surface area contributed by atoms with Gasteiger partial charge in [0, 0.05) is 6.42 Å². The zero-order chi connectivity index (χ0) is 18.4. The van der Waals surface area contributed by atoms with Crippen LogP contribution in [0.25, 0.3) is 10.2 Å². The number of fused-ring (bicyclic) bond motifs is 1. The van der Waals surface area contributed by atoms with E-state index in [2.05, 4.69) is 16.4 Å². The number of thiazole rings is 1. The third-order valence-corrected chi connectivity index (χ3v) is 5.31. The number of rotatable bonds is 8. The van der Waals surface area contributed by atoms with E-state index >= 15 is 0 Å². The van der Waals surface area contributed by atoms with E-state index in [1.54, 1.807) is 11.3 Å². The van der Waals surface area contributed by atoms with Gasteiger partial charge in [-0.1, -0.05) is 30.3 Å². The highest BCUT2D eigenvalue weighted by Crippen LogP contribution is 2.23. The average molecular weight is 369 g/mol. The molecule has 5 heteroatoms. The van der Waals surface area contributed by atoms with E-state index in [0.29, 0.717) is 19.6 Å². The molecular weight excluding hydrogens is 344 g/mol. The molecule has 3 rings (SSSR count). The predicted octanol–water partition coefficient (Wildman–Crippen LogP) is 4.43. The summed E-state index contributed by atoms with van der Waals surface area (Å²) in [5.74, 6) is 0.980. The van der Waals surface area contributed by atoms with Crippen LogP contribution in [0.2, 0.25) is 0 Å². The number of hydrogen-bond donors (Lipinski definition) is 1. The van der Waals surface area contributed by atoms with Gasteiger partial charge >= 0.3 is 0 Å². The maximum absolute atomic E-state index is 12.0. The molecular formula is C21H24N2O2S. The Kier molecular flexibility index (Phi) is 6.23. The molecule has 0 saturated carbocycles. The van der Waals surface area contributed by atoms with E-state index in [-0.39, 0.29) is 5.91 Å². The molecule has 0 aliphatic rings. The number of para-hydroxylation sites is 2.